The Kier molecular flexibility index (Phi) is 6.11. The van der Waals surface area contributed by atoms with E-state index in [0.29, 0.717) is 13.0 Å². The van der Waals surface area contributed by atoms with Crippen molar-refractivity contribution in [1.82, 2.24) is 9.88 Å². The number of aliphatic hydroxyl groups excluding tert-OH is 1. The van der Waals surface area contributed by atoms with Crippen LogP contribution in [-0.2, 0) is 4.74 Å². The molecule has 2 aromatic rings. The van der Waals surface area contributed by atoms with Crippen molar-refractivity contribution in [3.8, 4) is 11.1 Å². The Morgan fingerprint density at radius 3 is 2.59 bits per heavy atom. The van der Waals surface area contributed by atoms with Gasteiger partial charge in [0.05, 0.1) is 6.04 Å². The van der Waals surface area contributed by atoms with Crippen LogP contribution >= 0.6 is 0 Å². The number of hydrogen-bond acceptors (Lipinski definition) is 4. The van der Waals surface area contributed by atoms with Gasteiger partial charge in [0.1, 0.15) is 6.10 Å². The van der Waals surface area contributed by atoms with Gasteiger partial charge in [-0.1, -0.05) is 30.3 Å². The van der Waals surface area contributed by atoms with E-state index >= 15 is 0 Å². The molecule has 0 spiro atoms. The summed E-state index contributed by atoms with van der Waals surface area (Å²) in [7, 11) is 0. The smallest absolute Gasteiger partial charge is 0.410 e. The first-order valence-corrected chi connectivity index (χ1v) is 9.62. The Morgan fingerprint density at radius 1 is 1.22 bits per heavy atom. The van der Waals surface area contributed by atoms with Crippen molar-refractivity contribution >= 4 is 6.09 Å². The molecule has 5 nitrogen and oxygen atoms in total. The molecule has 5 heteroatoms. The SMILES string of the molecule is Cc1ccc(-c2ccc(C(C)N3CCC(CCCO)OC3=O)cc2)c(C)n1. The molecule has 1 N–H and O–H groups in total. The highest BCUT2D eigenvalue weighted by Gasteiger charge is 2.30. The van der Waals surface area contributed by atoms with E-state index in [1.165, 1.54) is 0 Å². The Labute approximate surface area is 161 Å². The summed E-state index contributed by atoms with van der Waals surface area (Å²) in [4.78, 5) is 18.7. The monoisotopic (exact) mass is 368 g/mol. The van der Waals surface area contributed by atoms with Crippen LogP contribution < -0.4 is 0 Å². The molecule has 1 aromatic carbocycles. The maximum atomic E-state index is 12.4. The Bertz CT molecular complexity index is 789. The van der Waals surface area contributed by atoms with Crippen molar-refractivity contribution in [2.75, 3.05) is 13.2 Å². The Balaban J connectivity index is 1.69. The van der Waals surface area contributed by atoms with Gasteiger partial charge in [0.15, 0.2) is 0 Å². The van der Waals surface area contributed by atoms with Gasteiger partial charge in [-0.25, -0.2) is 4.79 Å². The molecule has 2 atom stereocenters. The van der Waals surface area contributed by atoms with E-state index in [0.717, 1.165) is 40.9 Å². The summed E-state index contributed by atoms with van der Waals surface area (Å²) < 4.78 is 5.53. The van der Waals surface area contributed by atoms with Crippen LogP contribution in [0.3, 0.4) is 0 Å². The summed E-state index contributed by atoms with van der Waals surface area (Å²) in [5.74, 6) is 0. The van der Waals surface area contributed by atoms with E-state index in [-0.39, 0.29) is 24.8 Å². The molecular formula is C22H28N2O3. The second kappa shape index (κ2) is 8.53. The van der Waals surface area contributed by atoms with Crippen LogP contribution in [0, 0.1) is 13.8 Å². The molecule has 1 aromatic heterocycles. The molecule has 1 aliphatic rings. The van der Waals surface area contributed by atoms with Crippen LogP contribution in [0.2, 0.25) is 0 Å². The number of benzene rings is 1. The maximum absolute atomic E-state index is 12.4. The number of carbonyl (C=O) groups is 1. The van der Waals surface area contributed by atoms with Gasteiger partial charge in [-0.05, 0) is 50.8 Å². The van der Waals surface area contributed by atoms with Gasteiger partial charge in [0, 0.05) is 36.5 Å². The second-order valence-corrected chi connectivity index (χ2v) is 7.24. The van der Waals surface area contributed by atoms with Crippen molar-refractivity contribution in [3.05, 3.63) is 53.3 Å². The lowest BCUT2D eigenvalue weighted by Crippen LogP contribution is -2.43. The molecule has 2 unspecified atom stereocenters. The predicted octanol–water partition coefficient (Wildman–Crippen LogP) is 4.41. The van der Waals surface area contributed by atoms with Gasteiger partial charge in [-0.2, -0.15) is 0 Å². The number of aliphatic hydroxyl groups is 1. The number of carbonyl (C=O) groups excluding carboxylic acids is 1. The van der Waals surface area contributed by atoms with Gasteiger partial charge in [0.25, 0.3) is 0 Å². The number of aryl methyl sites for hydroxylation is 2. The quantitative estimate of drug-likeness (QED) is 0.820. The molecule has 0 bridgehead atoms. The summed E-state index contributed by atoms with van der Waals surface area (Å²) in [6.07, 6.45) is 1.86. The van der Waals surface area contributed by atoms with Crippen molar-refractivity contribution in [3.63, 3.8) is 0 Å². The molecule has 0 radical (unpaired) electrons. The highest BCUT2D eigenvalue weighted by atomic mass is 16.6. The zero-order valence-corrected chi connectivity index (χ0v) is 16.3. The minimum absolute atomic E-state index is 0.0393. The number of rotatable bonds is 6. The topological polar surface area (TPSA) is 62.7 Å². The fraction of sp³-hybridized carbons (Fsp3) is 0.455. The minimum atomic E-state index is -0.264. The van der Waals surface area contributed by atoms with Crippen LogP contribution in [0.5, 0.6) is 0 Å². The summed E-state index contributed by atoms with van der Waals surface area (Å²) in [5.41, 5.74) is 5.37. The molecule has 1 amide bonds. The summed E-state index contributed by atoms with van der Waals surface area (Å²) in [6, 6.07) is 12.4. The molecule has 0 aliphatic carbocycles. The fourth-order valence-corrected chi connectivity index (χ4v) is 3.63. The van der Waals surface area contributed by atoms with E-state index < -0.39 is 0 Å². The molecular weight excluding hydrogens is 340 g/mol. The zero-order valence-electron chi connectivity index (χ0n) is 16.3. The van der Waals surface area contributed by atoms with Crippen molar-refractivity contribution < 1.29 is 14.6 Å². The average molecular weight is 368 g/mol. The van der Waals surface area contributed by atoms with E-state index in [4.69, 9.17) is 9.84 Å². The van der Waals surface area contributed by atoms with E-state index in [2.05, 4.69) is 35.3 Å². The average Bonchev–Trinajstić information content (AvgIpc) is 2.66. The van der Waals surface area contributed by atoms with E-state index in [1.54, 1.807) is 4.90 Å². The molecule has 1 saturated heterocycles. The van der Waals surface area contributed by atoms with Crippen LogP contribution in [0.15, 0.2) is 36.4 Å². The van der Waals surface area contributed by atoms with Crippen molar-refractivity contribution in [2.45, 2.75) is 52.2 Å². The third-order valence-corrected chi connectivity index (χ3v) is 5.27. The number of amides is 1. The fourth-order valence-electron chi connectivity index (χ4n) is 3.63. The zero-order chi connectivity index (χ0) is 19.4. The van der Waals surface area contributed by atoms with Crippen molar-refractivity contribution in [1.29, 1.82) is 0 Å². The van der Waals surface area contributed by atoms with Crippen LogP contribution in [0.4, 0.5) is 4.79 Å². The maximum Gasteiger partial charge on any atom is 0.410 e. The lowest BCUT2D eigenvalue weighted by Gasteiger charge is -2.35. The normalized spacial score (nSPS) is 18.3. The summed E-state index contributed by atoms with van der Waals surface area (Å²) >= 11 is 0. The number of pyridine rings is 1. The summed E-state index contributed by atoms with van der Waals surface area (Å²) in [6.45, 7) is 6.86. The Hall–Kier alpha value is -2.40. The van der Waals surface area contributed by atoms with Gasteiger partial charge < -0.3 is 14.7 Å². The number of nitrogens with zero attached hydrogens (tertiary/aromatic N) is 2. The number of hydrogen-bond donors (Lipinski definition) is 1. The third kappa shape index (κ3) is 4.48. The number of aromatic nitrogens is 1. The molecule has 144 valence electrons. The number of cyclic esters (lactones) is 1. The largest absolute Gasteiger partial charge is 0.446 e. The van der Waals surface area contributed by atoms with Gasteiger partial charge in [-0.15, -0.1) is 0 Å². The van der Waals surface area contributed by atoms with Crippen LogP contribution in [0.1, 0.15) is 49.2 Å². The second-order valence-electron chi connectivity index (χ2n) is 7.24. The number of ether oxygens (including phenoxy) is 1. The molecule has 1 aliphatic heterocycles. The predicted molar refractivity (Wildman–Crippen MR) is 105 cm³/mol. The molecule has 2 heterocycles. The third-order valence-electron chi connectivity index (χ3n) is 5.27. The lowest BCUT2D eigenvalue weighted by atomic mass is 9.99. The minimum Gasteiger partial charge on any atom is -0.446 e. The highest BCUT2D eigenvalue weighted by Crippen LogP contribution is 2.29. The molecule has 0 saturated carbocycles. The van der Waals surface area contributed by atoms with Gasteiger partial charge in [0.2, 0.25) is 0 Å². The molecule has 3 rings (SSSR count). The van der Waals surface area contributed by atoms with Crippen LogP contribution in [0.25, 0.3) is 11.1 Å². The van der Waals surface area contributed by atoms with Gasteiger partial charge >= 0.3 is 6.09 Å². The highest BCUT2D eigenvalue weighted by molar-refractivity contribution is 5.70. The molecule has 27 heavy (non-hydrogen) atoms. The van der Waals surface area contributed by atoms with E-state index in [1.807, 2.05) is 26.8 Å². The first-order chi connectivity index (χ1) is 13.0. The van der Waals surface area contributed by atoms with Crippen molar-refractivity contribution in [2.24, 2.45) is 0 Å². The van der Waals surface area contributed by atoms with E-state index in [9.17, 15) is 4.79 Å². The lowest BCUT2D eigenvalue weighted by molar-refractivity contribution is 0.00760. The van der Waals surface area contributed by atoms with Gasteiger partial charge in [-0.3, -0.25) is 4.98 Å². The Morgan fingerprint density at radius 2 is 1.96 bits per heavy atom. The first kappa shape index (κ1) is 19.4. The first-order valence-electron chi connectivity index (χ1n) is 9.62. The van der Waals surface area contributed by atoms with Crippen LogP contribution in [-0.4, -0.2) is 40.3 Å². The summed E-state index contributed by atoms with van der Waals surface area (Å²) in [5, 5.41) is 8.93. The standard InChI is InChI=1S/C22H28N2O3/c1-15-6-11-21(16(2)23-15)19-9-7-18(8-10-19)17(3)24-13-12-20(5-4-14-25)27-22(24)26/h6-11,17,20,25H,4-5,12-14H2,1-3H3. The molecule has 1 fully saturated rings.